The Morgan fingerprint density at radius 2 is 1.95 bits per heavy atom. The van der Waals surface area contributed by atoms with Crippen LogP contribution in [0.4, 0.5) is 13.2 Å². The van der Waals surface area contributed by atoms with Gasteiger partial charge in [0.2, 0.25) is 0 Å². The molecule has 0 saturated heterocycles. The molecule has 0 amide bonds. The second-order valence-electron chi connectivity index (χ2n) is 4.61. The molecule has 112 valence electrons. The van der Waals surface area contributed by atoms with Crippen LogP contribution in [0.1, 0.15) is 28.3 Å². The Balaban J connectivity index is 2.44. The molecule has 1 aromatic heterocycles. The van der Waals surface area contributed by atoms with Crippen LogP contribution < -0.4 is 11.3 Å². The smallest absolute Gasteiger partial charge is 0.271 e. The average molecular weight is 360 g/mol. The minimum Gasteiger partial charge on any atom is -0.271 e. The van der Waals surface area contributed by atoms with Crippen LogP contribution in [-0.4, -0.2) is 4.98 Å². The van der Waals surface area contributed by atoms with E-state index in [0.717, 1.165) is 22.2 Å². The highest BCUT2D eigenvalue weighted by Crippen LogP contribution is 2.33. The fraction of sp³-hybridized carbons (Fsp3) is 0.214. The van der Waals surface area contributed by atoms with Crippen LogP contribution >= 0.6 is 15.9 Å². The van der Waals surface area contributed by atoms with Crippen molar-refractivity contribution < 1.29 is 13.2 Å². The Kier molecular flexibility index (Phi) is 4.65. The Morgan fingerprint density at radius 3 is 2.48 bits per heavy atom. The molecule has 21 heavy (non-hydrogen) atoms. The minimum absolute atomic E-state index is 0.433. The van der Waals surface area contributed by atoms with Crippen molar-refractivity contribution in [2.45, 2.75) is 19.1 Å². The van der Waals surface area contributed by atoms with Crippen molar-refractivity contribution in [3.05, 3.63) is 63.4 Å². The molecule has 0 aliphatic rings. The topological polar surface area (TPSA) is 50.9 Å². The van der Waals surface area contributed by atoms with Crippen molar-refractivity contribution in [2.24, 2.45) is 5.84 Å². The van der Waals surface area contributed by atoms with Gasteiger partial charge in [0, 0.05) is 16.9 Å². The first-order valence-corrected chi connectivity index (χ1v) is 6.86. The number of pyridine rings is 1. The number of aromatic nitrogens is 1. The molecule has 3 nitrogen and oxygen atoms in total. The van der Waals surface area contributed by atoms with E-state index >= 15 is 0 Å². The summed E-state index contributed by atoms with van der Waals surface area (Å²) in [5.74, 6) is 5.56. The Bertz CT molecular complexity index is 644. The normalized spacial score (nSPS) is 13.2. The van der Waals surface area contributed by atoms with Crippen LogP contribution in [0.15, 0.2) is 41.1 Å². The zero-order valence-corrected chi connectivity index (χ0v) is 12.7. The zero-order valence-electron chi connectivity index (χ0n) is 11.1. The van der Waals surface area contributed by atoms with Crippen molar-refractivity contribution in [3.63, 3.8) is 0 Å². The molecule has 1 unspecified atom stereocenters. The second-order valence-corrected chi connectivity index (χ2v) is 5.52. The van der Waals surface area contributed by atoms with Gasteiger partial charge in [0.25, 0.3) is 0 Å². The first-order valence-electron chi connectivity index (χ1n) is 6.07. The molecule has 3 N–H and O–H groups in total. The molecule has 0 aliphatic carbocycles. The molecule has 0 radical (unpaired) electrons. The summed E-state index contributed by atoms with van der Waals surface area (Å²) >= 11 is 3.31. The van der Waals surface area contributed by atoms with Crippen molar-refractivity contribution in [2.75, 3.05) is 0 Å². The van der Waals surface area contributed by atoms with E-state index in [1.807, 2.05) is 6.07 Å². The van der Waals surface area contributed by atoms with Crippen LogP contribution in [0, 0.1) is 6.92 Å². The largest absolute Gasteiger partial charge is 0.416 e. The van der Waals surface area contributed by atoms with E-state index < -0.39 is 17.8 Å². The van der Waals surface area contributed by atoms with E-state index in [0.29, 0.717) is 11.1 Å². The van der Waals surface area contributed by atoms with Gasteiger partial charge in [0.1, 0.15) is 0 Å². The first-order chi connectivity index (χ1) is 9.82. The highest BCUT2D eigenvalue weighted by atomic mass is 79.9. The molecular weight excluding hydrogens is 347 g/mol. The Labute approximate surface area is 128 Å². The van der Waals surface area contributed by atoms with Gasteiger partial charge in [-0.1, -0.05) is 6.07 Å². The van der Waals surface area contributed by atoms with Gasteiger partial charge in [-0.05, 0) is 57.7 Å². The molecule has 2 aromatic rings. The lowest BCUT2D eigenvalue weighted by molar-refractivity contribution is -0.137. The minimum atomic E-state index is -4.35. The van der Waals surface area contributed by atoms with Gasteiger partial charge in [-0.3, -0.25) is 10.8 Å². The quantitative estimate of drug-likeness (QED) is 0.648. The number of benzene rings is 1. The lowest BCUT2D eigenvalue weighted by Crippen LogP contribution is -2.29. The van der Waals surface area contributed by atoms with Crippen molar-refractivity contribution in [1.29, 1.82) is 0 Å². The third kappa shape index (κ3) is 3.61. The Morgan fingerprint density at radius 1 is 1.24 bits per heavy atom. The number of nitrogens with zero attached hydrogens (tertiary/aromatic N) is 1. The summed E-state index contributed by atoms with van der Waals surface area (Å²) in [4.78, 5) is 4.04. The fourth-order valence-electron chi connectivity index (χ4n) is 2.13. The van der Waals surface area contributed by atoms with Crippen LogP contribution in [0.25, 0.3) is 0 Å². The lowest BCUT2D eigenvalue weighted by atomic mass is 9.95. The van der Waals surface area contributed by atoms with Gasteiger partial charge in [-0.25, -0.2) is 5.43 Å². The van der Waals surface area contributed by atoms with Crippen LogP contribution in [0.5, 0.6) is 0 Å². The Hall–Kier alpha value is -1.44. The number of halogens is 4. The number of rotatable bonds is 3. The third-order valence-corrected chi connectivity index (χ3v) is 3.57. The molecular formula is C14H13BrF3N3. The zero-order chi connectivity index (χ0) is 15.6. The van der Waals surface area contributed by atoms with Crippen molar-refractivity contribution >= 4 is 15.9 Å². The van der Waals surface area contributed by atoms with Crippen LogP contribution in [0.2, 0.25) is 0 Å². The maximum atomic E-state index is 12.7. The maximum absolute atomic E-state index is 12.7. The van der Waals surface area contributed by atoms with Crippen molar-refractivity contribution in [1.82, 2.24) is 10.4 Å². The van der Waals surface area contributed by atoms with Crippen LogP contribution in [-0.2, 0) is 6.18 Å². The van der Waals surface area contributed by atoms with Crippen LogP contribution in [0.3, 0.4) is 0 Å². The van der Waals surface area contributed by atoms with E-state index in [2.05, 4.69) is 26.3 Å². The monoisotopic (exact) mass is 359 g/mol. The number of hydrogen-bond donors (Lipinski definition) is 2. The molecule has 0 saturated carbocycles. The molecule has 0 bridgehead atoms. The third-order valence-electron chi connectivity index (χ3n) is 3.13. The van der Waals surface area contributed by atoms with E-state index in [1.54, 1.807) is 19.3 Å². The average Bonchev–Trinajstić information content (AvgIpc) is 2.40. The summed E-state index contributed by atoms with van der Waals surface area (Å²) in [6.07, 6.45) is -1.12. The predicted octanol–water partition coefficient (Wildman–Crippen LogP) is 3.72. The molecule has 0 fully saturated rings. The molecule has 1 aromatic carbocycles. The second kappa shape index (κ2) is 6.13. The number of hydrogen-bond acceptors (Lipinski definition) is 3. The highest BCUT2D eigenvalue weighted by molar-refractivity contribution is 9.10. The van der Waals surface area contributed by atoms with Gasteiger partial charge in [-0.2, -0.15) is 13.2 Å². The summed E-state index contributed by atoms with van der Waals surface area (Å²) in [6, 6.07) is 4.98. The summed E-state index contributed by atoms with van der Waals surface area (Å²) < 4.78 is 38.9. The fourth-order valence-corrected chi connectivity index (χ4v) is 2.51. The molecule has 1 atom stereocenters. The summed E-state index contributed by atoms with van der Waals surface area (Å²) in [6.45, 7) is 1.63. The van der Waals surface area contributed by atoms with E-state index in [-0.39, 0.29) is 0 Å². The molecule has 0 aliphatic heterocycles. The van der Waals surface area contributed by atoms with E-state index in [4.69, 9.17) is 5.84 Å². The lowest BCUT2D eigenvalue weighted by Gasteiger charge is -2.20. The van der Waals surface area contributed by atoms with E-state index in [1.165, 1.54) is 6.07 Å². The van der Waals surface area contributed by atoms with Gasteiger partial charge in [0.05, 0.1) is 11.6 Å². The van der Waals surface area contributed by atoms with Gasteiger partial charge in [0.15, 0.2) is 0 Å². The molecule has 2 rings (SSSR count). The number of hydrazine groups is 1. The van der Waals surface area contributed by atoms with Crippen molar-refractivity contribution in [3.8, 4) is 0 Å². The number of aryl methyl sites for hydroxylation is 1. The van der Waals surface area contributed by atoms with Gasteiger partial charge >= 0.3 is 6.18 Å². The number of nitrogens with two attached hydrogens (primary N) is 1. The number of alkyl halides is 3. The molecule has 1 heterocycles. The van der Waals surface area contributed by atoms with Gasteiger partial charge in [-0.15, -0.1) is 0 Å². The van der Waals surface area contributed by atoms with E-state index in [9.17, 15) is 13.2 Å². The first kappa shape index (κ1) is 15.9. The maximum Gasteiger partial charge on any atom is 0.416 e. The molecule has 7 heteroatoms. The number of nitrogens with one attached hydrogen (secondary N) is 1. The summed E-state index contributed by atoms with van der Waals surface area (Å²) in [5, 5.41) is 0. The SMILES string of the molecule is Cc1cc(C(F)(F)F)ccc1C(NN)c1cncc(Br)c1. The molecule has 0 spiro atoms. The predicted molar refractivity (Wildman–Crippen MR) is 77.3 cm³/mol. The van der Waals surface area contributed by atoms with Gasteiger partial charge < -0.3 is 0 Å². The summed E-state index contributed by atoms with van der Waals surface area (Å²) in [5.41, 5.74) is 3.88. The standard InChI is InChI=1S/C14H13BrF3N3/c1-8-4-10(14(16,17)18)2-3-12(8)13(21-19)9-5-11(15)7-20-6-9/h2-7,13,21H,19H2,1H3. The highest BCUT2D eigenvalue weighted by Gasteiger charge is 2.31. The summed E-state index contributed by atoms with van der Waals surface area (Å²) in [7, 11) is 0.